The summed E-state index contributed by atoms with van der Waals surface area (Å²) in [5, 5.41) is 4.49. The molecular formula is C23H24Cl3FN2O. The molecule has 2 aromatic rings. The molecule has 1 amide bonds. The molecule has 0 saturated carbocycles. The maximum atomic E-state index is 13.5. The number of hydrogen-bond donors (Lipinski definition) is 1. The van der Waals surface area contributed by atoms with E-state index in [1.165, 1.54) is 12.1 Å². The van der Waals surface area contributed by atoms with Crippen molar-refractivity contribution in [2.45, 2.75) is 31.2 Å². The van der Waals surface area contributed by atoms with E-state index in [1.807, 2.05) is 42.2 Å². The second kappa shape index (κ2) is 9.27. The van der Waals surface area contributed by atoms with Gasteiger partial charge in [-0.1, -0.05) is 41.4 Å². The van der Waals surface area contributed by atoms with Gasteiger partial charge in [0.05, 0.1) is 6.04 Å². The quantitative estimate of drug-likeness (QED) is 0.622. The van der Waals surface area contributed by atoms with Gasteiger partial charge in [-0.15, -0.1) is 12.4 Å². The third kappa shape index (κ3) is 4.24. The molecule has 1 atom stereocenters. The topological polar surface area (TPSA) is 32.3 Å². The predicted molar refractivity (Wildman–Crippen MR) is 122 cm³/mol. The molecule has 1 unspecified atom stereocenters. The van der Waals surface area contributed by atoms with Crippen LogP contribution in [0, 0.1) is 5.82 Å². The number of carbonyl (C=O) groups excluding carboxylic acids is 1. The Balaban J connectivity index is 0.00000256. The number of nitrogens with one attached hydrogen (secondary N) is 1. The van der Waals surface area contributed by atoms with E-state index in [-0.39, 0.29) is 30.2 Å². The maximum Gasteiger partial charge on any atom is 0.251 e. The first-order valence-corrected chi connectivity index (χ1v) is 10.6. The Morgan fingerprint density at radius 1 is 1.07 bits per heavy atom. The van der Waals surface area contributed by atoms with Gasteiger partial charge >= 0.3 is 0 Å². The molecule has 0 aromatic heterocycles. The van der Waals surface area contributed by atoms with E-state index in [0.717, 1.165) is 42.6 Å². The van der Waals surface area contributed by atoms with Crippen molar-refractivity contribution in [2.75, 3.05) is 19.6 Å². The van der Waals surface area contributed by atoms with Gasteiger partial charge in [0.1, 0.15) is 5.82 Å². The highest BCUT2D eigenvalue weighted by Crippen LogP contribution is 2.44. The lowest BCUT2D eigenvalue weighted by Crippen LogP contribution is -2.44. The zero-order chi connectivity index (χ0) is 20.6. The fourth-order valence-electron chi connectivity index (χ4n) is 4.58. The molecule has 1 saturated heterocycles. The second-order valence-corrected chi connectivity index (χ2v) is 8.67. The molecule has 2 aliphatic rings. The highest BCUT2D eigenvalue weighted by atomic mass is 35.5. The summed E-state index contributed by atoms with van der Waals surface area (Å²) in [6, 6.07) is 11.8. The molecule has 1 N–H and O–H groups in total. The van der Waals surface area contributed by atoms with Crippen molar-refractivity contribution in [3.05, 3.63) is 81.1 Å². The van der Waals surface area contributed by atoms with Crippen LogP contribution in [0.2, 0.25) is 10.0 Å². The first-order valence-electron chi connectivity index (χ1n) is 9.85. The number of amides is 1. The standard InChI is InChI=1S/C23H23Cl2FN2O.ClH/c1-15(16-12-18(24)14-19(25)13-16)28-11-6-21(22(28)29)23(7-9-27-10-8-23)17-2-4-20(26)5-3-17;/h2-6,12-15,27H,7-11H2,1H3;1H. The molecule has 3 nitrogen and oxygen atoms in total. The Morgan fingerprint density at radius 2 is 1.67 bits per heavy atom. The first-order chi connectivity index (χ1) is 13.9. The number of hydrogen-bond acceptors (Lipinski definition) is 2. The Bertz CT molecular complexity index is 935. The van der Waals surface area contributed by atoms with E-state index in [1.54, 1.807) is 6.07 Å². The van der Waals surface area contributed by atoms with E-state index in [0.29, 0.717) is 16.6 Å². The number of rotatable bonds is 4. The Morgan fingerprint density at radius 3 is 2.27 bits per heavy atom. The second-order valence-electron chi connectivity index (χ2n) is 7.79. The SMILES string of the molecule is CC(c1cc(Cl)cc(Cl)c1)N1CC=C(C2(c3ccc(F)cc3)CCNCC2)C1=O.Cl. The van der Waals surface area contributed by atoms with Crippen LogP contribution in [0.1, 0.15) is 36.9 Å². The smallest absolute Gasteiger partial charge is 0.251 e. The Labute approximate surface area is 192 Å². The van der Waals surface area contributed by atoms with Gasteiger partial charge in [-0.3, -0.25) is 4.79 Å². The van der Waals surface area contributed by atoms with E-state index in [4.69, 9.17) is 23.2 Å². The average Bonchev–Trinajstić information content (AvgIpc) is 3.09. The molecule has 30 heavy (non-hydrogen) atoms. The summed E-state index contributed by atoms with van der Waals surface area (Å²) in [5.74, 6) is -0.238. The van der Waals surface area contributed by atoms with Crippen molar-refractivity contribution < 1.29 is 9.18 Å². The predicted octanol–water partition coefficient (Wildman–Crippen LogP) is 5.71. The average molecular weight is 470 g/mol. The Kier molecular flexibility index (Phi) is 7.13. The summed E-state index contributed by atoms with van der Waals surface area (Å²) in [4.78, 5) is 15.4. The van der Waals surface area contributed by atoms with Crippen molar-refractivity contribution in [1.29, 1.82) is 0 Å². The monoisotopic (exact) mass is 468 g/mol. The Hall–Kier alpha value is -1.59. The molecule has 160 valence electrons. The highest BCUT2D eigenvalue weighted by Gasteiger charge is 2.44. The lowest BCUT2D eigenvalue weighted by atomic mass is 9.68. The summed E-state index contributed by atoms with van der Waals surface area (Å²) >= 11 is 12.3. The van der Waals surface area contributed by atoms with Crippen molar-refractivity contribution in [1.82, 2.24) is 10.2 Å². The number of carbonyl (C=O) groups is 1. The molecule has 0 radical (unpaired) electrons. The van der Waals surface area contributed by atoms with E-state index < -0.39 is 5.41 Å². The van der Waals surface area contributed by atoms with E-state index in [9.17, 15) is 9.18 Å². The number of benzene rings is 2. The summed E-state index contributed by atoms with van der Waals surface area (Å²) < 4.78 is 13.5. The van der Waals surface area contributed by atoms with Crippen molar-refractivity contribution >= 4 is 41.5 Å². The molecule has 7 heteroatoms. The van der Waals surface area contributed by atoms with Crippen LogP contribution in [0.4, 0.5) is 4.39 Å². The van der Waals surface area contributed by atoms with Crippen LogP contribution in [0.15, 0.2) is 54.1 Å². The third-order valence-corrected chi connectivity index (χ3v) is 6.62. The van der Waals surface area contributed by atoms with Crippen LogP contribution >= 0.6 is 35.6 Å². The molecule has 2 aliphatic heterocycles. The van der Waals surface area contributed by atoms with Crippen molar-refractivity contribution in [3.8, 4) is 0 Å². The third-order valence-electron chi connectivity index (χ3n) is 6.19. The zero-order valence-electron chi connectivity index (χ0n) is 16.6. The van der Waals surface area contributed by atoms with Crippen molar-refractivity contribution in [3.63, 3.8) is 0 Å². The summed E-state index contributed by atoms with van der Waals surface area (Å²) in [6.45, 7) is 4.17. The minimum absolute atomic E-state index is 0. The van der Waals surface area contributed by atoms with Crippen LogP contribution in [0.25, 0.3) is 0 Å². The van der Waals surface area contributed by atoms with Gasteiger partial charge in [-0.2, -0.15) is 0 Å². The molecular weight excluding hydrogens is 446 g/mol. The van der Waals surface area contributed by atoms with Crippen LogP contribution in [0.5, 0.6) is 0 Å². The largest absolute Gasteiger partial charge is 0.328 e. The number of nitrogens with zero attached hydrogens (tertiary/aromatic N) is 1. The minimum Gasteiger partial charge on any atom is -0.328 e. The van der Waals surface area contributed by atoms with Crippen molar-refractivity contribution in [2.24, 2.45) is 0 Å². The summed E-state index contributed by atoms with van der Waals surface area (Å²) in [6.07, 6.45) is 3.66. The van der Waals surface area contributed by atoms with Crippen LogP contribution in [-0.2, 0) is 10.2 Å². The zero-order valence-corrected chi connectivity index (χ0v) is 19.0. The van der Waals surface area contributed by atoms with Crippen LogP contribution in [0.3, 0.4) is 0 Å². The van der Waals surface area contributed by atoms with Gasteiger partial charge in [-0.25, -0.2) is 4.39 Å². The lowest BCUT2D eigenvalue weighted by molar-refractivity contribution is -0.128. The number of piperidine rings is 1. The molecule has 0 spiro atoms. The minimum atomic E-state index is -0.392. The molecule has 2 heterocycles. The summed E-state index contributed by atoms with van der Waals surface area (Å²) in [7, 11) is 0. The fraction of sp³-hybridized carbons (Fsp3) is 0.348. The molecule has 0 aliphatic carbocycles. The lowest BCUT2D eigenvalue weighted by Gasteiger charge is -2.39. The van der Waals surface area contributed by atoms with Crippen LogP contribution in [-0.4, -0.2) is 30.4 Å². The fourth-order valence-corrected chi connectivity index (χ4v) is 5.12. The van der Waals surface area contributed by atoms with Gasteiger partial charge in [0.15, 0.2) is 0 Å². The molecule has 2 aromatic carbocycles. The van der Waals surface area contributed by atoms with Gasteiger partial charge in [-0.05, 0) is 74.3 Å². The van der Waals surface area contributed by atoms with E-state index >= 15 is 0 Å². The number of halogens is 4. The highest BCUT2D eigenvalue weighted by molar-refractivity contribution is 6.34. The van der Waals surface area contributed by atoms with Gasteiger partial charge < -0.3 is 10.2 Å². The molecule has 4 rings (SSSR count). The van der Waals surface area contributed by atoms with Gasteiger partial charge in [0.2, 0.25) is 0 Å². The molecule has 1 fully saturated rings. The van der Waals surface area contributed by atoms with Crippen LogP contribution < -0.4 is 5.32 Å². The molecule has 0 bridgehead atoms. The maximum absolute atomic E-state index is 13.5. The van der Waals surface area contributed by atoms with E-state index in [2.05, 4.69) is 5.32 Å². The summed E-state index contributed by atoms with van der Waals surface area (Å²) in [5.41, 5.74) is 2.33. The first kappa shape index (κ1) is 23.1. The van der Waals surface area contributed by atoms with Gasteiger partial charge in [0, 0.05) is 27.6 Å². The van der Waals surface area contributed by atoms with Gasteiger partial charge in [0.25, 0.3) is 5.91 Å². The normalized spacial score (nSPS) is 19.3.